The minimum absolute atomic E-state index is 0.138. The maximum absolute atomic E-state index is 15.2. The van der Waals surface area contributed by atoms with Crippen molar-refractivity contribution in [3.8, 4) is 0 Å². The second-order valence-corrected chi connectivity index (χ2v) is 9.05. The van der Waals surface area contributed by atoms with Gasteiger partial charge in [-0.15, -0.1) is 10.2 Å². The van der Waals surface area contributed by atoms with E-state index in [0.717, 1.165) is 11.1 Å². The Morgan fingerprint density at radius 1 is 1.36 bits per heavy atom. The molecular weight excluding hydrogens is 430 g/mol. The van der Waals surface area contributed by atoms with Crippen molar-refractivity contribution < 1.29 is 23.7 Å². The molecule has 2 fully saturated rings. The highest BCUT2D eigenvalue weighted by atomic mass is 19.3. The van der Waals surface area contributed by atoms with Gasteiger partial charge in [0.15, 0.2) is 11.6 Å². The van der Waals surface area contributed by atoms with E-state index in [-0.39, 0.29) is 18.1 Å². The number of allylic oxidation sites excluding steroid dienone is 2. The summed E-state index contributed by atoms with van der Waals surface area (Å²) in [5, 5.41) is 34.6. The third-order valence-electron chi connectivity index (χ3n) is 6.69. The lowest BCUT2D eigenvalue weighted by molar-refractivity contribution is -0.0273. The van der Waals surface area contributed by atoms with E-state index in [4.69, 9.17) is 4.74 Å². The number of aromatic nitrogens is 4. The van der Waals surface area contributed by atoms with E-state index in [2.05, 4.69) is 20.6 Å². The zero-order valence-electron chi connectivity index (χ0n) is 18.7. The van der Waals surface area contributed by atoms with Gasteiger partial charge in [-0.3, -0.25) is 0 Å². The van der Waals surface area contributed by atoms with Gasteiger partial charge in [0, 0.05) is 24.7 Å². The summed E-state index contributed by atoms with van der Waals surface area (Å²) in [6.45, 7) is 3.87. The van der Waals surface area contributed by atoms with Gasteiger partial charge in [-0.05, 0) is 31.4 Å². The summed E-state index contributed by atoms with van der Waals surface area (Å²) in [7, 11) is 0. The maximum atomic E-state index is 15.2. The number of aliphatic hydroxyl groups is 2. The molecule has 1 saturated heterocycles. The molecular formula is C24H30F2N4O3. The normalized spacial score (nSPS) is 29.3. The lowest BCUT2D eigenvalue weighted by Gasteiger charge is -2.23. The molecule has 33 heavy (non-hydrogen) atoms. The summed E-state index contributed by atoms with van der Waals surface area (Å²) >= 11 is 0. The Kier molecular flexibility index (Phi) is 6.90. The number of fused-ring (bicyclic) bond motifs is 1. The molecule has 0 unspecified atom stereocenters. The molecule has 1 aromatic heterocycles. The zero-order valence-corrected chi connectivity index (χ0v) is 18.7. The highest BCUT2D eigenvalue weighted by Gasteiger charge is 2.63. The van der Waals surface area contributed by atoms with Gasteiger partial charge in [0.05, 0.1) is 18.1 Å². The third kappa shape index (κ3) is 4.99. The molecule has 1 aliphatic carbocycles. The highest BCUT2D eigenvalue weighted by molar-refractivity contribution is 5.27. The molecule has 4 rings (SSSR count). The molecule has 0 amide bonds. The largest absolute Gasteiger partial charge is 0.488 e. The Hall–Kier alpha value is -2.65. The lowest BCUT2D eigenvalue weighted by Crippen LogP contribution is -2.33. The standard InChI is InChI=1S/C24H30F2N4O3/c1-14-6-5-7-16(12-14)15(2)18(31)11-10-17-19(32)13-20-23(17)24(25,26)21(33-20)8-3-4-9-22-27-29-30-28-22/h5-8,10-12,15,17-20,23,31-32H,3-4,9,13H2,1-2H3,(H,27,28,29,30)/t15-,17-,18+,19+,20-,23+/m0/s1. The minimum Gasteiger partial charge on any atom is -0.488 e. The van der Waals surface area contributed by atoms with Crippen molar-refractivity contribution in [1.29, 1.82) is 0 Å². The van der Waals surface area contributed by atoms with Crippen LogP contribution < -0.4 is 0 Å². The second-order valence-electron chi connectivity index (χ2n) is 9.05. The fraction of sp³-hybridized carbons (Fsp3) is 0.542. The number of benzene rings is 1. The predicted molar refractivity (Wildman–Crippen MR) is 117 cm³/mol. The van der Waals surface area contributed by atoms with Crippen LogP contribution in [0.2, 0.25) is 0 Å². The number of tetrazole rings is 1. The number of aliphatic hydroxyl groups excluding tert-OH is 2. The summed E-state index contributed by atoms with van der Waals surface area (Å²) in [5.74, 6) is -5.13. The number of unbranched alkanes of at least 4 members (excludes halogenated alkanes) is 1. The fourth-order valence-corrected chi connectivity index (χ4v) is 4.80. The number of nitrogens with zero attached hydrogens (tertiary/aromatic N) is 3. The van der Waals surface area contributed by atoms with E-state index in [9.17, 15) is 10.2 Å². The molecule has 2 heterocycles. The van der Waals surface area contributed by atoms with Crippen LogP contribution in [0, 0.1) is 18.8 Å². The Balaban J connectivity index is 1.41. The fourth-order valence-electron chi connectivity index (χ4n) is 4.80. The lowest BCUT2D eigenvalue weighted by atomic mass is 9.86. The molecule has 7 nitrogen and oxygen atoms in total. The number of alkyl halides is 2. The van der Waals surface area contributed by atoms with Crippen LogP contribution in [-0.4, -0.2) is 55.1 Å². The van der Waals surface area contributed by atoms with Crippen molar-refractivity contribution in [1.82, 2.24) is 20.6 Å². The predicted octanol–water partition coefficient (Wildman–Crippen LogP) is 3.47. The molecule has 2 aliphatic rings. The van der Waals surface area contributed by atoms with Gasteiger partial charge in [0.1, 0.15) is 6.10 Å². The van der Waals surface area contributed by atoms with Gasteiger partial charge in [0.2, 0.25) is 0 Å². The maximum Gasteiger partial charge on any atom is 0.310 e. The summed E-state index contributed by atoms with van der Waals surface area (Å²) in [6, 6.07) is 7.84. The minimum atomic E-state index is -3.18. The number of aromatic amines is 1. The van der Waals surface area contributed by atoms with E-state index < -0.39 is 36.1 Å². The highest BCUT2D eigenvalue weighted by Crippen LogP contribution is 2.54. The summed E-state index contributed by atoms with van der Waals surface area (Å²) in [5.41, 5.74) is 2.06. The molecule has 178 valence electrons. The molecule has 1 aliphatic heterocycles. The van der Waals surface area contributed by atoms with Gasteiger partial charge in [-0.2, -0.15) is 14.0 Å². The first-order valence-electron chi connectivity index (χ1n) is 11.4. The first-order chi connectivity index (χ1) is 15.8. The summed E-state index contributed by atoms with van der Waals surface area (Å²) < 4.78 is 36.1. The van der Waals surface area contributed by atoms with Gasteiger partial charge in [0.25, 0.3) is 0 Å². The average molecular weight is 461 g/mol. The Morgan fingerprint density at radius 2 is 2.18 bits per heavy atom. The molecule has 3 N–H and O–H groups in total. The van der Waals surface area contributed by atoms with Gasteiger partial charge in [-0.1, -0.05) is 54.1 Å². The molecule has 1 saturated carbocycles. The average Bonchev–Trinajstić information content (AvgIpc) is 3.46. The smallest absolute Gasteiger partial charge is 0.310 e. The number of ether oxygens (including phenoxy) is 1. The van der Waals surface area contributed by atoms with Gasteiger partial charge >= 0.3 is 5.92 Å². The van der Waals surface area contributed by atoms with E-state index in [1.165, 1.54) is 12.2 Å². The Labute approximate surface area is 191 Å². The molecule has 0 spiro atoms. The van der Waals surface area contributed by atoms with Crippen LogP contribution in [0.1, 0.15) is 49.1 Å². The molecule has 6 atom stereocenters. The van der Waals surface area contributed by atoms with Crippen LogP contribution >= 0.6 is 0 Å². The molecule has 0 bridgehead atoms. The van der Waals surface area contributed by atoms with Crippen molar-refractivity contribution >= 4 is 0 Å². The van der Waals surface area contributed by atoms with E-state index in [0.29, 0.717) is 25.1 Å². The van der Waals surface area contributed by atoms with Crippen molar-refractivity contribution in [3.05, 3.63) is 65.2 Å². The van der Waals surface area contributed by atoms with Crippen LogP contribution in [0.4, 0.5) is 8.78 Å². The summed E-state index contributed by atoms with van der Waals surface area (Å²) in [6.07, 6.45) is 3.62. The number of rotatable bonds is 8. The van der Waals surface area contributed by atoms with Crippen LogP contribution in [0.3, 0.4) is 0 Å². The molecule has 1 aromatic carbocycles. The zero-order chi connectivity index (χ0) is 23.6. The van der Waals surface area contributed by atoms with Crippen molar-refractivity contribution in [2.24, 2.45) is 11.8 Å². The van der Waals surface area contributed by atoms with E-state index >= 15 is 8.78 Å². The van der Waals surface area contributed by atoms with Gasteiger partial charge < -0.3 is 14.9 Å². The number of nitrogens with one attached hydrogen (secondary N) is 1. The number of hydrogen-bond acceptors (Lipinski definition) is 6. The van der Waals surface area contributed by atoms with Crippen LogP contribution in [0.5, 0.6) is 0 Å². The Morgan fingerprint density at radius 3 is 2.91 bits per heavy atom. The Bertz CT molecular complexity index is 995. The molecule has 0 radical (unpaired) electrons. The van der Waals surface area contributed by atoms with Crippen LogP contribution in [0.25, 0.3) is 0 Å². The van der Waals surface area contributed by atoms with Crippen LogP contribution in [-0.2, 0) is 11.2 Å². The first-order valence-corrected chi connectivity index (χ1v) is 11.4. The van der Waals surface area contributed by atoms with E-state index in [1.54, 1.807) is 6.08 Å². The number of hydrogen-bond donors (Lipinski definition) is 3. The molecule has 2 aromatic rings. The summed E-state index contributed by atoms with van der Waals surface area (Å²) in [4.78, 5) is 0. The topological polar surface area (TPSA) is 104 Å². The van der Waals surface area contributed by atoms with Gasteiger partial charge in [-0.25, -0.2) is 0 Å². The van der Waals surface area contributed by atoms with E-state index in [1.807, 2.05) is 38.1 Å². The first kappa shape index (κ1) is 23.5. The quantitative estimate of drug-likeness (QED) is 0.412. The van der Waals surface area contributed by atoms with Crippen molar-refractivity contribution in [3.63, 3.8) is 0 Å². The number of aryl methyl sites for hydroxylation is 2. The molecule has 9 heteroatoms. The van der Waals surface area contributed by atoms with Crippen molar-refractivity contribution in [2.75, 3.05) is 0 Å². The third-order valence-corrected chi connectivity index (χ3v) is 6.69. The monoisotopic (exact) mass is 460 g/mol. The second kappa shape index (κ2) is 9.69. The van der Waals surface area contributed by atoms with Crippen molar-refractivity contribution in [2.45, 2.75) is 69.7 Å². The number of halogens is 2. The number of H-pyrrole nitrogens is 1. The SMILES string of the molecule is Cc1cccc([C@H](C)[C@H](O)C=C[C@@H]2[C@@H]3[C@H](C[C@H]2O)OC(=CCCCc2nn[nH]n2)C3(F)F)c1. The van der Waals surface area contributed by atoms with Crippen LogP contribution in [0.15, 0.2) is 48.3 Å².